The van der Waals surface area contributed by atoms with Crippen LogP contribution in [0.15, 0.2) is 36.5 Å². The van der Waals surface area contributed by atoms with E-state index in [1.165, 1.54) is 5.56 Å². The van der Waals surface area contributed by atoms with Gasteiger partial charge in [-0.25, -0.2) is 0 Å². The van der Waals surface area contributed by atoms with E-state index in [1.807, 2.05) is 24.1 Å². The fourth-order valence-electron chi connectivity index (χ4n) is 3.21. The molecule has 0 aliphatic carbocycles. The number of nitrogens with one attached hydrogen (secondary N) is 2. The number of hydrogen-bond acceptors (Lipinski definition) is 3. The Morgan fingerprint density at radius 1 is 1.25 bits per heavy atom. The van der Waals surface area contributed by atoms with Gasteiger partial charge in [0.15, 0.2) is 0 Å². The maximum Gasteiger partial charge on any atom is 0.222 e. The maximum atomic E-state index is 12.4. The van der Waals surface area contributed by atoms with Gasteiger partial charge in [0.1, 0.15) is 0 Å². The third kappa shape index (κ3) is 4.23. The molecule has 1 fully saturated rings. The monoisotopic (exact) mass is 326 g/mol. The first-order valence-corrected chi connectivity index (χ1v) is 8.79. The van der Waals surface area contributed by atoms with Crippen LogP contribution in [0, 0.1) is 6.92 Å². The second kappa shape index (κ2) is 8.11. The number of amides is 1. The van der Waals surface area contributed by atoms with Gasteiger partial charge in [-0.15, -0.1) is 0 Å². The molecular formula is C19H26N4O. The van der Waals surface area contributed by atoms with Crippen molar-refractivity contribution >= 4 is 5.91 Å². The van der Waals surface area contributed by atoms with Crippen LogP contribution in [0.2, 0.25) is 0 Å². The van der Waals surface area contributed by atoms with Crippen LogP contribution in [0.3, 0.4) is 0 Å². The Kier molecular flexibility index (Phi) is 5.64. The molecule has 1 unspecified atom stereocenters. The lowest BCUT2D eigenvalue weighted by Gasteiger charge is -2.28. The SMILES string of the molecule is Cc1[nH]ncc1CNC(CN1CCCCCC1=O)c1ccccc1. The number of aromatic nitrogens is 2. The number of nitrogens with zero attached hydrogens (tertiary/aromatic N) is 2. The van der Waals surface area contributed by atoms with Gasteiger partial charge in [-0.05, 0) is 25.3 Å². The smallest absolute Gasteiger partial charge is 0.222 e. The second-order valence-corrected chi connectivity index (χ2v) is 6.51. The fraction of sp³-hybridized carbons (Fsp3) is 0.474. The number of H-pyrrole nitrogens is 1. The van der Waals surface area contributed by atoms with E-state index in [0.29, 0.717) is 6.42 Å². The van der Waals surface area contributed by atoms with E-state index in [1.54, 1.807) is 0 Å². The average Bonchev–Trinajstić information content (AvgIpc) is 2.90. The topological polar surface area (TPSA) is 61.0 Å². The molecule has 5 heteroatoms. The molecule has 0 spiro atoms. The molecule has 24 heavy (non-hydrogen) atoms. The molecule has 128 valence electrons. The number of likely N-dealkylation sites (tertiary alicyclic amines) is 1. The highest BCUT2D eigenvalue weighted by atomic mass is 16.2. The molecule has 3 rings (SSSR count). The molecule has 2 aromatic rings. The molecule has 1 amide bonds. The molecule has 0 radical (unpaired) electrons. The van der Waals surface area contributed by atoms with Crippen molar-refractivity contribution in [2.75, 3.05) is 13.1 Å². The zero-order valence-corrected chi connectivity index (χ0v) is 14.3. The number of carbonyl (C=O) groups is 1. The lowest BCUT2D eigenvalue weighted by atomic mass is 10.1. The van der Waals surface area contributed by atoms with Crippen LogP contribution < -0.4 is 5.32 Å². The molecule has 1 aromatic heterocycles. The van der Waals surface area contributed by atoms with Gasteiger partial charge in [-0.2, -0.15) is 5.10 Å². The summed E-state index contributed by atoms with van der Waals surface area (Å²) in [4.78, 5) is 14.4. The van der Waals surface area contributed by atoms with Crippen LogP contribution in [-0.4, -0.2) is 34.1 Å². The van der Waals surface area contributed by atoms with Crippen molar-refractivity contribution in [1.82, 2.24) is 20.4 Å². The van der Waals surface area contributed by atoms with Crippen LogP contribution in [0.4, 0.5) is 0 Å². The van der Waals surface area contributed by atoms with E-state index in [0.717, 1.165) is 50.2 Å². The number of aryl methyl sites for hydroxylation is 1. The van der Waals surface area contributed by atoms with Crippen LogP contribution in [-0.2, 0) is 11.3 Å². The molecule has 5 nitrogen and oxygen atoms in total. The Morgan fingerprint density at radius 3 is 2.83 bits per heavy atom. The molecule has 2 heterocycles. The van der Waals surface area contributed by atoms with Crippen molar-refractivity contribution in [3.8, 4) is 0 Å². The quantitative estimate of drug-likeness (QED) is 0.858. The highest BCUT2D eigenvalue weighted by Crippen LogP contribution is 2.19. The summed E-state index contributed by atoms with van der Waals surface area (Å²) >= 11 is 0. The molecule has 1 aliphatic heterocycles. The molecule has 1 aliphatic rings. The highest BCUT2D eigenvalue weighted by Gasteiger charge is 2.21. The predicted octanol–water partition coefficient (Wildman–Crippen LogP) is 2.95. The van der Waals surface area contributed by atoms with E-state index in [9.17, 15) is 4.79 Å². The minimum Gasteiger partial charge on any atom is -0.341 e. The Balaban J connectivity index is 1.72. The molecule has 1 saturated heterocycles. The van der Waals surface area contributed by atoms with Gasteiger partial charge in [0.2, 0.25) is 5.91 Å². The summed E-state index contributed by atoms with van der Waals surface area (Å²) in [6, 6.07) is 10.5. The van der Waals surface area contributed by atoms with Crippen LogP contribution >= 0.6 is 0 Å². The molecule has 2 N–H and O–H groups in total. The van der Waals surface area contributed by atoms with Gasteiger partial charge >= 0.3 is 0 Å². The Bertz CT molecular complexity index is 652. The standard InChI is InChI=1S/C19H26N4O/c1-15-17(13-21-22-15)12-20-18(16-8-4-2-5-9-16)14-23-11-7-3-6-10-19(23)24/h2,4-5,8-9,13,18,20H,3,6-7,10-12,14H2,1H3,(H,21,22). The van der Waals surface area contributed by atoms with Crippen molar-refractivity contribution < 1.29 is 4.79 Å². The lowest BCUT2D eigenvalue weighted by molar-refractivity contribution is -0.131. The Labute approximate surface area is 143 Å². The zero-order valence-electron chi connectivity index (χ0n) is 14.3. The van der Waals surface area contributed by atoms with Crippen LogP contribution in [0.25, 0.3) is 0 Å². The van der Waals surface area contributed by atoms with Gasteiger partial charge in [0.25, 0.3) is 0 Å². The molecule has 0 saturated carbocycles. The van der Waals surface area contributed by atoms with Crippen LogP contribution in [0.1, 0.15) is 48.5 Å². The first-order chi connectivity index (χ1) is 11.7. The van der Waals surface area contributed by atoms with Gasteiger partial charge in [0.05, 0.1) is 12.2 Å². The molecule has 1 atom stereocenters. The summed E-state index contributed by atoms with van der Waals surface area (Å²) in [6.07, 6.45) is 5.82. The average molecular weight is 326 g/mol. The summed E-state index contributed by atoms with van der Waals surface area (Å²) in [5, 5.41) is 10.7. The van der Waals surface area contributed by atoms with Gasteiger partial charge in [-0.3, -0.25) is 9.89 Å². The maximum absolute atomic E-state index is 12.4. The van der Waals surface area contributed by atoms with Gasteiger partial charge < -0.3 is 10.2 Å². The third-order valence-corrected chi connectivity index (χ3v) is 4.75. The van der Waals surface area contributed by atoms with E-state index in [4.69, 9.17) is 0 Å². The number of aromatic amines is 1. The second-order valence-electron chi connectivity index (χ2n) is 6.51. The highest BCUT2D eigenvalue weighted by molar-refractivity contribution is 5.76. The molecule has 1 aromatic carbocycles. The summed E-state index contributed by atoms with van der Waals surface area (Å²) in [5.74, 6) is 0.287. The number of rotatable bonds is 6. The Morgan fingerprint density at radius 2 is 2.08 bits per heavy atom. The van der Waals surface area contributed by atoms with Crippen molar-refractivity contribution in [2.24, 2.45) is 0 Å². The number of carbonyl (C=O) groups excluding carboxylic acids is 1. The minimum atomic E-state index is 0.127. The normalized spacial score (nSPS) is 16.9. The molecule has 0 bridgehead atoms. The zero-order chi connectivity index (χ0) is 16.8. The van der Waals surface area contributed by atoms with Crippen molar-refractivity contribution in [3.63, 3.8) is 0 Å². The van der Waals surface area contributed by atoms with Crippen molar-refractivity contribution in [2.45, 2.75) is 45.2 Å². The van der Waals surface area contributed by atoms with E-state index in [2.05, 4.69) is 39.8 Å². The molecular weight excluding hydrogens is 300 g/mol. The van der Waals surface area contributed by atoms with E-state index in [-0.39, 0.29) is 11.9 Å². The van der Waals surface area contributed by atoms with E-state index < -0.39 is 0 Å². The third-order valence-electron chi connectivity index (χ3n) is 4.75. The van der Waals surface area contributed by atoms with E-state index >= 15 is 0 Å². The lowest BCUT2D eigenvalue weighted by Crippen LogP contribution is -2.38. The van der Waals surface area contributed by atoms with Crippen molar-refractivity contribution in [3.05, 3.63) is 53.3 Å². The first-order valence-electron chi connectivity index (χ1n) is 8.79. The van der Waals surface area contributed by atoms with Gasteiger partial charge in [0, 0.05) is 37.3 Å². The largest absolute Gasteiger partial charge is 0.341 e. The fourth-order valence-corrected chi connectivity index (χ4v) is 3.21. The summed E-state index contributed by atoms with van der Waals surface area (Å²) in [6.45, 7) is 4.36. The Hall–Kier alpha value is -2.14. The van der Waals surface area contributed by atoms with Crippen molar-refractivity contribution in [1.29, 1.82) is 0 Å². The predicted molar refractivity (Wildman–Crippen MR) is 94.4 cm³/mol. The summed E-state index contributed by atoms with van der Waals surface area (Å²) < 4.78 is 0. The summed E-state index contributed by atoms with van der Waals surface area (Å²) in [5.41, 5.74) is 3.47. The number of benzene rings is 1. The summed E-state index contributed by atoms with van der Waals surface area (Å²) in [7, 11) is 0. The van der Waals surface area contributed by atoms with Crippen LogP contribution in [0.5, 0.6) is 0 Å². The minimum absolute atomic E-state index is 0.127. The number of hydrogen-bond donors (Lipinski definition) is 2. The first kappa shape index (κ1) is 16.7. The van der Waals surface area contributed by atoms with Gasteiger partial charge in [-0.1, -0.05) is 36.8 Å².